The number of nitrogens with one attached hydrogen (secondary N) is 3. The van der Waals surface area contributed by atoms with Gasteiger partial charge in [0.15, 0.2) is 0 Å². The van der Waals surface area contributed by atoms with Crippen molar-refractivity contribution in [2.24, 2.45) is 0 Å². The predicted octanol–water partition coefficient (Wildman–Crippen LogP) is 7.35. The number of rotatable bonds is 4. The number of aromatic nitrogens is 2. The molecule has 6 aromatic rings. The number of hydrogen-bond acceptors (Lipinski definition) is 2. The molecule has 1 aliphatic rings. The van der Waals surface area contributed by atoms with Crippen molar-refractivity contribution in [3.05, 3.63) is 107 Å². The van der Waals surface area contributed by atoms with E-state index in [0.717, 1.165) is 44.0 Å². The summed E-state index contributed by atoms with van der Waals surface area (Å²) in [6.07, 6.45) is 0. The molecule has 192 valence electrons. The maximum Gasteiger partial charge on any atom is 0.274 e. The minimum absolute atomic E-state index is 0.0620. The molecule has 0 bridgehead atoms. The van der Waals surface area contributed by atoms with Crippen LogP contribution < -0.4 is 10.2 Å². The minimum atomic E-state index is -0.222. The monoisotopic (exact) mass is 532 g/mol. The lowest BCUT2D eigenvalue weighted by atomic mass is 9.93. The van der Waals surface area contributed by atoms with Gasteiger partial charge in [-0.3, -0.25) is 9.59 Å². The number of halogens is 1. The van der Waals surface area contributed by atoms with Gasteiger partial charge in [0.05, 0.1) is 0 Å². The summed E-state index contributed by atoms with van der Waals surface area (Å²) in [5.74, 6) is 0.182. The van der Waals surface area contributed by atoms with Gasteiger partial charge < -0.3 is 20.2 Å². The number of para-hydroxylation sites is 1. The van der Waals surface area contributed by atoms with Crippen molar-refractivity contribution in [3.8, 4) is 0 Å². The first-order valence-electron chi connectivity index (χ1n) is 12.9. The van der Waals surface area contributed by atoms with Gasteiger partial charge in [0, 0.05) is 51.5 Å². The second kappa shape index (κ2) is 9.03. The Morgan fingerprint density at radius 3 is 2.41 bits per heavy atom. The third kappa shape index (κ3) is 3.87. The first kappa shape index (κ1) is 23.6. The summed E-state index contributed by atoms with van der Waals surface area (Å²) in [6.45, 7) is 2.61. The van der Waals surface area contributed by atoms with Crippen LogP contribution in [0.2, 0.25) is 0 Å². The van der Waals surface area contributed by atoms with Gasteiger partial charge >= 0.3 is 0 Å². The van der Waals surface area contributed by atoms with Gasteiger partial charge in [-0.05, 0) is 71.3 Å². The highest BCUT2D eigenvalue weighted by Crippen LogP contribution is 2.43. The third-order valence-electron chi connectivity index (χ3n) is 7.69. The van der Waals surface area contributed by atoms with E-state index in [0.29, 0.717) is 29.5 Å². The van der Waals surface area contributed by atoms with Gasteiger partial charge in [-0.1, -0.05) is 42.5 Å². The van der Waals surface area contributed by atoms with Crippen LogP contribution in [-0.4, -0.2) is 34.2 Å². The first-order valence-corrected chi connectivity index (χ1v) is 13.5. The molecule has 2 aromatic heterocycles. The lowest BCUT2D eigenvalue weighted by Gasteiger charge is -2.18. The molecule has 0 fully saturated rings. The normalized spacial score (nSPS) is 14.8. The molecule has 0 radical (unpaired) electrons. The van der Waals surface area contributed by atoms with Crippen LogP contribution in [-0.2, 0) is 0 Å². The Hall–Kier alpha value is -4.55. The van der Waals surface area contributed by atoms with E-state index in [1.807, 2.05) is 71.6 Å². The van der Waals surface area contributed by atoms with Crippen molar-refractivity contribution in [3.63, 3.8) is 0 Å². The number of hydrogen-bond donors (Lipinski definition) is 3. The lowest BCUT2D eigenvalue weighted by molar-refractivity contribution is 0.0983. The molecule has 0 saturated heterocycles. The SMILES string of the molecule is Cc1cc2c(c3ccccc13)C(CCl)CN2C(=O)c1cc2cc(NC(=O)c3cc4ccccc4[nH]3)ccc2[nH]1. The first-order chi connectivity index (χ1) is 19.0. The van der Waals surface area contributed by atoms with Crippen LogP contribution in [0.5, 0.6) is 0 Å². The molecule has 0 spiro atoms. The Kier molecular flexibility index (Phi) is 5.46. The largest absolute Gasteiger partial charge is 0.351 e. The second-order valence-corrected chi connectivity index (χ2v) is 10.5. The van der Waals surface area contributed by atoms with E-state index in [2.05, 4.69) is 40.4 Å². The second-order valence-electron chi connectivity index (χ2n) is 10.1. The van der Waals surface area contributed by atoms with Crippen molar-refractivity contribution < 1.29 is 9.59 Å². The van der Waals surface area contributed by atoms with Gasteiger partial charge in [-0.15, -0.1) is 11.6 Å². The lowest BCUT2D eigenvalue weighted by Crippen LogP contribution is -2.30. The van der Waals surface area contributed by atoms with Crippen LogP contribution >= 0.6 is 11.6 Å². The fourth-order valence-electron chi connectivity index (χ4n) is 5.81. The number of alkyl halides is 1. The molecule has 1 aliphatic heterocycles. The number of anilines is 2. The molecule has 1 unspecified atom stereocenters. The van der Waals surface area contributed by atoms with Gasteiger partial charge in [0.1, 0.15) is 11.4 Å². The highest BCUT2D eigenvalue weighted by Gasteiger charge is 2.35. The smallest absolute Gasteiger partial charge is 0.274 e. The Bertz CT molecular complexity index is 1900. The van der Waals surface area contributed by atoms with Crippen LogP contribution in [0.3, 0.4) is 0 Å². The number of nitrogens with zero attached hydrogens (tertiary/aromatic N) is 1. The fraction of sp³-hybridized carbons (Fsp3) is 0.125. The van der Waals surface area contributed by atoms with E-state index >= 15 is 0 Å². The predicted molar refractivity (Wildman–Crippen MR) is 158 cm³/mol. The fourth-order valence-corrected chi connectivity index (χ4v) is 6.06. The molecule has 7 heteroatoms. The molecule has 3 heterocycles. The maximum absolute atomic E-state index is 13.8. The van der Waals surface area contributed by atoms with Crippen LogP contribution in [0.1, 0.15) is 38.0 Å². The number of aryl methyl sites for hydroxylation is 1. The van der Waals surface area contributed by atoms with Gasteiger partial charge in [-0.25, -0.2) is 0 Å². The highest BCUT2D eigenvalue weighted by atomic mass is 35.5. The molecule has 0 aliphatic carbocycles. The van der Waals surface area contributed by atoms with Crippen molar-refractivity contribution in [2.45, 2.75) is 12.8 Å². The molecular weight excluding hydrogens is 508 g/mol. The Balaban J connectivity index is 1.19. The summed E-state index contributed by atoms with van der Waals surface area (Å²) < 4.78 is 0. The third-order valence-corrected chi connectivity index (χ3v) is 8.06. The molecule has 4 aromatic carbocycles. The number of carbonyl (C=O) groups excluding carboxylic acids is 2. The van der Waals surface area contributed by atoms with E-state index in [9.17, 15) is 9.59 Å². The summed E-state index contributed by atoms with van der Waals surface area (Å²) in [7, 11) is 0. The molecular formula is C32H25ClN4O2. The summed E-state index contributed by atoms with van der Waals surface area (Å²) in [6, 6.07) is 27.4. The summed E-state index contributed by atoms with van der Waals surface area (Å²) in [5, 5.41) is 7.13. The Labute approximate surface area is 229 Å². The summed E-state index contributed by atoms with van der Waals surface area (Å²) >= 11 is 6.40. The topological polar surface area (TPSA) is 81.0 Å². The average Bonchev–Trinajstić information content (AvgIpc) is 3.67. The molecule has 6 nitrogen and oxygen atoms in total. The number of fused-ring (bicyclic) bond motifs is 5. The highest BCUT2D eigenvalue weighted by molar-refractivity contribution is 6.19. The molecule has 39 heavy (non-hydrogen) atoms. The van der Waals surface area contributed by atoms with Crippen LogP contribution in [0, 0.1) is 6.92 Å². The molecule has 3 N–H and O–H groups in total. The van der Waals surface area contributed by atoms with E-state index in [4.69, 9.17) is 11.6 Å². The molecule has 0 saturated carbocycles. The van der Waals surface area contributed by atoms with E-state index < -0.39 is 0 Å². The van der Waals surface area contributed by atoms with Crippen LogP contribution in [0.25, 0.3) is 32.6 Å². The van der Waals surface area contributed by atoms with E-state index in [1.54, 1.807) is 0 Å². The van der Waals surface area contributed by atoms with Crippen molar-refractivity contribution in [2.75, 3.05) is 22.6 Å². The van der Waals surface area contributed by atoms with Crippen LogP contribution in [0.4, 0.5) is 11.4 Å². The molecule has 7 rings (SSSR count). The summed E-state index contributed by atoms with van der Waals surface area (Å²) in [4.78, 5) is 35.0. The summed E-state index contributed by atoms with van der Waals surface area (Å²) in [5.41, 5.74) is 6.57. The van der Waals surface area contributed by atoms with E-state index in [-0.39, 0.29) is 17.7 Å². The van der Waals surface area contributed by atoms with Gasteiger partial charge in [-0.2, -0.15) is 0 Å². The zero-order valence-corrected chi connectivity index (χ0v) is 22.0. The number of carbonyl (C=O) groups is 2. The number of amides is 2. The number of benzene rings is 4. The van der Waals surface area contributed by atoms with Crippen molar-refractivity contribution in [1.29, 1.82) is 0 Å². The number of aromatic amines is 2. The molecule has 1 atom stereocenters. The minimum Gasteiger partial charge on any atom is -0.351 e. The Morgan fingerprint density at radius 2 is 1.59 bits per heavy atom. The quantitative estimate of drug-likeness (QED) is 0.207. The average molecular weight is 533 g/mol. The van der Waals surface area contributed by atoms with Crippen molar-refractivity contribution in [1.82, 2.24) is 9.97 Å². The van der Waals surface area contributed by atoms with Gasteiger partial charge in [0.2, 0.25) is 0 Å². The van der Waals surface area contributed by atoms with Gasteiger partial charge in [0.25, 0.3) is 11.8 Å². The zero-order chi connectivity index (χ0) is 26.7. The standard InChI is InChI=1S/C32H25ClN4O2/c1-18-12-29-30(24-8-4-3-7-23(18)24)21(16-33)17-37(29)32(39)28-15-20-13-22(10-11-26(20)36-28)34-31(38)27-14-19-6-2-5-9-25(19)35-27/h2-15,21,35-36H,16-17H2,1H3,(H,34,38). The van der Waals surface area contributed by atoms with E-state index in [1.165, 1.54) is 5.39 Å². The number of H-pyrrole nitrogens is 2. The zero-order valence-electron chi connectivity index (χ0n) is 21.2. The Morgan fingerprint density at radius 1 is 0.872 bits per heavy atom. The van der Waals surface area contributed by atoms with Crippen LogP contribution in [0.15, 0.2) is 84.9 Å². The maximum atomic E-state index is 13.8. The molecule has 2 amide bonds. The van der Waals surface area contributed by atoms with Crippen molar-refractivity contribution >= 4 is 67.4 Å².